The maximum atomic E-state index is 11.8. The second-order valence-corrected chi connectivity index (χ2v) is 8.71. The van der Waals surface area contributed by atoms with Gasteiger partial charge in [-0.1, -0.05) is 11.6 Å². The van der Waals surface area contributed by atoms with E-state index in [1.54, 1.807) is 12.1 Å². The van der Waals surface area contributed by atoms with E-state index < -0.39 is 21.3 Å². The minimum Gasteiger partial charge on any atom is -0.350 e. The third-order valence-corrected chi connectivity index (χ3v) is 6.45. The lowest BCUT2D eigenvalue weighted by molar-refractivity contribution is -0.119. The van der Waals surface area contributed by atoms with Crippen LogP contribution in [0.25, 0.3) is 0 Å². The number of thioether (sulfide) groups is 1. The molecule has 1 N–H and O–H groups in total. The van der Waals surface area contributed by atoms with Crippen LogP contribution in [0.2, 0.25) is 5.02 Å². The molecule has 0 aliphatic carbocycles. The lowest BCUT2D eigenvalue weighted by Gasteiger charge is -2.14. The number of alkyl halides is 1. The van der Waals surface area contributed by atoms with Crippen LogP contribution < -0.4 is 5.32 Å². The average Bonchev–Trinajstić information content (AvgIpc) is 2.61. The van der Waals surface area contributed by atoms with Crippen LogP contribution in [-0.4, -0.2) is 43.0 Å². The zero-order valence-electron chi connectivity index (χ0n) is 10.4. The summed E-state index contributed by atoms with van der Waals surface area (Å²) in [6, 6.07) is 6.65. The molecule has 0 aromatic heterocycles. The fraction of sp³-hybridized carbons (Fsp3) is 0.417. The van der Waals surface area contributed by atoms with Gasteiger partial charge in [0.05, 0.1) is 28.7 Å². The predicted octanol–water partition coefficient (Wildman–Crippen LogP) is 1.95. The van der Waals surface area contributed by atoms with Gasteiger partial charge in [0.15, 0.2) is 9.84 Å². The van der Waals surface area contributed by atoms with E-state index >= 15 is 0 Å². The summed E-state index contributed by atoms with van der Waals surface area (Å²) in [6.45, 7) is 0. The summed E-state index contributed by atoms with van der Waals surface area (Å²) < 4.78 is 22.8. The molecule has 0 bridgehead atoms. The molecule has 0 unspecified atom stereocenters. The van der Waals surface area contributed by atoms with Crippen molar-refractivity contribution in [3.63, 3.8) is 0 Å². The standard InChI is InChI=1S/C12H13Cl2NO3S2/c13-8-1-3-9(4-2-8)19-5-12(16)15-11-7-20(17,18)6-10(11)14/h1-4,10-11H,5-7H2,(H,15,16)/t10-,11-/m0/s1. The molecule has 0 saturated carbocycles. The van der Waals surface area contributed by atoms with Gasteiger partial charge in [-0.15, -0.1) is 23.4 Å². The molecular formula is C12H13Cl2NO3S2. The first-order valence-electron chi connectivity index (χ1n) is 5.88. The molecule has 1 aliphatic rings. The monoisotopic (exact) mass is 353 g/mol. The van der Waals surface area contributed by atoms with Gasteiger partial charge < -0.3 is 5.32 Å². The SMILES string of the molecule is O=C(CSc1ccc(Cl)cc1)N[C@H]1CS(=O)(=O)C[C@@H]1Cl. The van der Waals surface area contributed by atoms with Crippen molar-refractivity contribution in [2.24, 2.45) is 0 Å². The largest absolute Gasteiger partial charge is 0.350 e. The second kappa shape index (κ2) is 6.56. The molecule has 1 aliphatic heterocycles. The second-order valence-electron chi connectivity index (χ2n) is 4.51. The topological polar surface area (TPSA) is 63.2 Å². The fourth-order valence-electron chi connectivity index (χ4n) is 1.87. The van der Waals surface area contributed by atoms with Gasteiger partial charge in [0.2, 0.25) is 5.91 Å². The molecule has 4 nitrogen and oxygen atoms in total. The van der Waals surface area contributed by atoms with E-state index in [4.69, 9.17) is 23.2 Å². The molecule has 0 radical (unpaired) electrons. The van der Waals surface area contributed by atoms with Gasteiger partial charge in [0.1, 0.15) is 0 Å². The van der Waals surface area contributed by atoms with Gasteiger partial charge in [-0.2, -0.15) is 0 Å². The van der Waals surface area contributed by atoms with Crippen molar-refractivity contribution in [3.8, 4) is 0 Å². The van der Waals surface area contributed by atoms with Crippen molar-refractivity contribution < 1.29 is 13.2 Å². The van der Waals surface area contributed by atoms with Crippen LogP contribution in [0.1, 0.15) is 0 Å². The van der Waals surface area contributed by atoms with Crippen LogP contribution in [0.15, 0.2) is 29.2 Å². The summed E-state index contributed by atoms with van der Waals surface area (Å²) in [7, 11) is -3.13. The summed E-state index contributed by atoms with van der Waals surface area (Å²) in [5.74, 6) is -0.179. The van der Waals surface area contributed by atoms with Crippen molar-refractivity contribution in [1.29, 1.82) is 0 Å². The molecule has 1 amide bonds. The third kappa shape index (κ3) is 4.55. The van der Waals surface area contributed by atoms with E-state index in [1.807, 2.05) is 12.1 Å². The lowest BCUT2D eigenvalue weighted by Crippen LogP contribution is -2.41. The Hall–Kier alpha value is -0.430. The van der Waals surface area contributed by atoms with Gasteiger partial charge in [0, 0.05) is 9.92 Å². The highest BCUT2D eigenvalue weighted by molar-refractivity contribution is 8.00. The van der Waals surface area contributed by atoms with E-state index in [-0.39, 0.29) is 23.2 Å². The first-order chi connectivity index (χ1) is 9.35. The van der Waals surface area contributed by atoms with Crippen molar-refractivity contribution in [2.75, 3.05) is 17.3 Å². The predicted molar refractivity (Wildman–Crippen MR) is 82.4 cm³/mol. The van der Waals surface area contributed by atoms with Crippen LogP contribution in [0, 0.1) is 0 Å². The highest BCUT2D eigenvalue weighted by atomic mass is 35.5. The lowest BCUT2D eigenvalue weighted by atomic mass is 10.2. The van der Waals surface area contributed by atoms with Crippen molar-refractivity contribution in [2.45, 2.75) is 16.3 Å². The molecule has 1 fully saturated rings. The first-order valence-corrected chi connectivity index (χ1v) is 9.50. The fourth-order valence-corrected chi connectivity index (χ4v) is 5.25. The number of hydrogen-bond donors (Lipinski definition) is 1. The van der Waals surface area contributed by atoms with Gasteiger partial charge in [-0.05, 0) is 24.3 Å². The minimum atomic E-state index is -3.13. The van der Waals surface area contributed by atoms with Crippen LogP contribution >= 0.6 is 35.0 Å². The minimum absolute atomic E-state index is 0.0795. The Morgan fingerprint density at radius 2 is 1.95 bits per heavy atom. The number of carbonyl (C=O) groups excluding carboxylic acids is 1. The number of sulfone groups is 1. The van der Waals surface area contributed by atoms with Gasteiger partial charge in [-0.3, -0.25) is 4.79 Å². The Balaban J connectivity index is 1.83. The number of carbonyl (C=O) groups is 1. The van der Waals surface area contributed by atoms with E-state index in [2.05, 4.69) is 5.32 Å². The Morgan fingerprint density at radius 3 is 2.50 bits per heavy atom. The molecule has 20 heavy (non-hydrogen) atoms. The van der Waals surface area contributed by atoms with Gasteiger partial charge in [-0.25, -0.2) is 8.42 Å². The smallest absolute Gasteiger partial charge is 0.230 e. The zero-order chi connectivity index (χ0) is 14.8. The maximum Gasteiger partial charge on any atom is 0.230 e. The summed E-state index contributed by atoms with van der Waals surface area (Å²) in [5.41, 5.74) is 0. The normalized spacial score (nSPS) is 24.5. The zero-order valence-corrected chi connectivity index (χ0v) is 13.5. The summed E-state index contributed by atoms with van der Waals surface area (Å²) >= 11 is 13.1. The van der Waals surface area contributed by atoms with Crippen LogP contribution in [-0.2, 0) is 14.6 Å². The molecule has 1 aromatic rings. The maximum absolute atomic E-state index is 11.8. The highest BCUT2D eigenvalue weighted by Gasteiger charge is 2.37. The van der Waals surface area contributed by atoms with Gasteiger partial charge >= 0.3 is 0 Å². The average molecular weight is 354 g/mol. The van der Waals surface area contributed by atoms with Crippen LogP contribution in [0.3, 0.4) is 0 Å². The number of amides is 1. The molecule has 1 aromatic carbocycles. The molecule has 110 valence electrons. The molecular weight excluding hydrogens is 341 g/mol. The van der Waals surface area contributed by atoms with E-state index in [0.717, 1.165) is 4.90 Å². The molecule has 0 spiro atoms. The van der Waals surface area contributed by atoms with Crippen LogP contribution in [0.4, 0.5) is 0 Å². The summed E-state index contributed by atoms with van der Waals surface area (Å²) in [4.78, 5) is 12.7. The van der Waals surface area contributed by atoms with Crippen LogP contribution in [0.5, 0.6) is 0 Å². The summed E-state index contributed by atoms with van der Waals surface area (Å²) in [5, 5.41) is 2.76. The highest BCUT2D eigenvalue weighted by Crippen LogP contribution is 2.21. The van der Waals surface area contributed by atoms with E-state index in [9.17, 15) is 13.2 Å². The Labute approximate surface area is 132 Å². The number of hydrogen-bond acceptors (Lipinski definition) is 4. The quantitative estimate of drug-likeness (QED) is 0.663. The molecule has 1 heterocycles. The third-order valence-electron chi connectivity index (χ3n) is 2.81. The Morgan fingerprint density at radius 1 is 1.30 bits per heavy atom. The van der Waals surface area contributed by atoms with Crippen molar-refractivity contribution in [1.82, 2.24) is 5.32 Å². The molecule has 8 heteroatoms. The number of nitrogens with one attached hydrogen (secondary N) is 1. The van der Waals surface area contributed by atoms with E-state index in [1.165, 1.54) is 11.8 Å². The van der Waals surface area contributed by atoms with Crippen molar-refractivity contribution >= 4 is 50.7 Å². The Bertz CT molecular complexity index is 589. The van der Waals surface area contributed by atoms with Crippen molar-refractivity contribution in [3.05, 3.63) is 29.3 Å². The molecule has 2 atom stereocenters. The van der Waals surface area contributed by atoms with E-state index in [0.29, 0.717) is 5.02 Å². The first kappa shape index (κ1) is 15.9. The molecule has 1 saturated heterocycles. The number of rotatable bonds is 4. The van der Waals surface area contributed by atoms with Gasteiger partial charge in [0.25, 0.3) is 0 Å². The molecule has 2 rings (SSSR count). The number of halogens is 2. The Kier molecular flexibility index (Phi) is 5.23. The number of benzene rings is 1. The summed E-state index contributed by atoms with van der Waals surface area (Å²) in [6.07, 6.45) is 0.